The minimum absolute atomic E-state index is 0.717. The fraction of sp³-hybridized carbons (Fsp3) is 0.533. The van der Waals surface area contributed by atoms with Gasteiger partial charge in [-0.2, -0.15) is 0 Å². The SMILES string of the molecule is Cc1cc(N(C)CC2CCOCC2)ccc1C=O. The highest BCUT2D eigenvalue weighted by Gasteiger charge is 2.16. The van der Waals surface area contributed by atoms with Crippen LogP contribution in [0.2, 0.25) is 0 Å². The van der Waals surface area contributed by atoms with E-state index in [4.69, 9.17) is 4.74 Å². The molecule has 0 amide bonds. The summed E-state index contributed by atoms with van der Waals surface area (Å²) in [5.41, 5.74) is 3.00. The van der Waals surface area contributed by atoms with E-state index in [-0.39, 0.29) is 0 Å². The molecular formula is C15H21NO2. The number of aldehydes is 1. The van der Waals surface area contributed by atoms with Crippen molar-refractivity contribution in [1.82, 2.24) is 0 Å². The molecule has 0 atom stereocenters. The second kappa shape index (κ2) is 6.01. The Morgan fingerprint density at radius 2 is 2.11 bits per heavy atom. The van der Waals surface area contributed by atoms with E-state index in [1.54, 1.807) is 0 Å². The average molecular weight is 247 g/mol. The molecule has 1 aromatic rings. The standard InChI is InChI=1S/C15H21NO2/c1-12-9-15(4-3-14(12)11-17)16(2)10-13-5-7-18-8-6-13/h3-4,9,11,13H,5-8,10H2,1-2H3. The van der Waals surface area contributed by atoms with Gasteiger partial charge in [0, 0.05) is 38.1 Å². The lowest BCUT2D eigenvalue weighted by atomic mass is 9.99. The fourth-order valence-corrected chi connectivity index (χ4v) is 2.45. The topological polar surface area (TPSA) is 29.5 Å². The number of ether oxygens (including phenoxy) is 1. The Morgan fingerprint density at radius 1 is 1.39 bits per heavy atom. The van der Waals surface area contributed by atoms with Crippen molar-refractivity contribution < 1.29 is 9.53 Å². The van der Waals surface area contributed by atoms with E-state index in [0.29, 0.717) is 0 Å². The first-order valence-corrected chi connectivity index (χ1v) is 6.55. The van der Waals surface area contributed by atoms with Gasteiger partial charge in [-0.05, 0) is 49.4 Å². The van der Waals surface area contributed by atoms with E-state index < -0.39 is 0 Å². The normalized spacial score (nSPS) is 16.6. The van der Waals surface area contributed by atoms with Crippen LogP contribution in [0.3, 0.4) is 0 Å². The molecule has 0 saturated carbocycles. The largest absolute Gasteiger partial charge is 0.381 e. The van der Waals surface area contributed by atoms with Crippen molar-refractivity contribution in [2.75, 3.05) is 31.7 Å². The molecular weight excluding hydrogens is 226 g/mol. The quantitative estimate of drug-likeness (QED) is 0.766. The summed E-state index contributed by atoms with van der Waals surface area (Å²) >= 11 is 0. The number of nitrogens with zero attached hydrogens (tertiary/aromatic N) is 1. The molecule has 1 heterocycles. The van der Waals surface area contributed by atoms with Crippen LogP contribution in [0.25, 0.3) is 0 Å². The molecule has 18 heavy (non-hydrogen) atoms. The second-order valence-electron chi connectivity index (χ2n) is 5.10. The molecule has 0 radical (unpaired) electrons. The first-order valence-electron chi connectivity index (χ1n) is 6.55. The van der Waals surface area contributed by atoms with Gasteiger partial charge in [-0.15, -0.1) is 0 Å². The maximum atomic E-state index is 10.8. The monoisotopic (exact) mass is 247 g/mol. The Hall–Kier alpha value is -1.35. The minimum Gasteiger partial charge on any atom is -0.381 e. The third-order valence-electron chi connectivity index (χ3n) is 3.69. The van der Waals surface area contributed by atoms with Crippen molar-refractivity contribution in [1.29, 1.82) is 0 Å². The van der Waals surface area contributed by atoms with Gasteiger partial charge in [-0.25, -0.2) is 0 Å². The molecule has 1 aliphatic rings. The van der Waals surface area contributed by atoms with Gasteiger partial charge in [-0.1, -0.05) is 0 Å². The smallest absolute Gasteiger partial charge is 0.150 e. The Kier molecular flexibility index (Phi) is 4.37. The van der Waals surface area contributed by atoms with Crippen molar-refractivity contribution in [2.24, 2.45) is 5.92 Å². The predicted molar refractivity (Wildman–Crippen MR) is 73.4 cm³/mol. The van der Waals surface area contributed by atoms with E-state index in [0.717, 1.165) is 55.9 Å². The lowest BCUT2D eigenvalue weighted by Crippen LogP contribution is -2.29. The first kappa shape index (κ1) is 13.1. The van der Waals surface area contributed by atoms with Crippen LogP contribution in [0.4, 0.5) is 5.69 Å². The molecule has 1 fully saturated rings. The van der Waals surface area contributed by atoms with Gasteiger partial charge in [0.2, 0.25) is 0 Å². The van der Waals surface area contributed by atoms with Gasteiger partial charge >= 0.3 is 0 Å². The van der Waals surface area contributed by atoms with Crippen LogP contribution in [0.1, 0.15) is 28.8 Å². The van der Waals surface area contributed by atoms with Gasteiger partial charge < -0.3 is 9.64 Å². The fourth-order valence-electron chi connectivity index (χ4n) is 2.45. The predicted octanol–water partition coefficient (Wildman–Crippen LogP) is 2.67. The molecule has 98 valence electrons. The molecule has 0 spiro atoms. The van der Waals surface area contributed by atoms with Crippen LogP contribution in [0.5, 0.6) is 0 Å². The van der Waals surface area contributed by atoms with Crippen molar-refractivity contribution in [3.05, 3.63) is 29.3 Å². The first-order chi connectivity index (χ1) is 8.70. The van der Waals surface area contributed by atoms with Crippen LogP contribution in [-0.2, 0) is 4.74 Å². The summed E-state index contributed by atoms with van der Waals surface area (Å²) in [6, 6.07) is 6.01. The summed E-state index contributed by atoms with van der Waals surface area (Å²) in [4.78, 5) is 13.1. The molecule has 0 unspecified atom stereocenters. The molecule has 1 aromatic carbocycles. The van der Waals surface area contributed by atoms with Gasteiger partial charge in [0.1, 0.15) is 6.29 Å². The van der Waals surface area contributed by atoms with Crippen molar-refractivity contribution in [2.45, 2.75) is 19.8 Å². The third kappa shape index (κ3) is 3.10. The molecule has 3 heteroatoms. The van der Waals surface area contributed by atoms with E-state index in [1.807, 2.05) is 19.1 Å². The molecule has 0 aromatic heterocycles. The van der Waals surface area contributed by atoms with Gasteiger partial charge in [0.05, 0.1) is 0 Å². The summed E-state index contributed by atoms with van der Waals surface area (Å²) in [5.74, 6) is 0.717. The second-order valence-corrected chi connectivity index (χ2v) is 5.10. The van der Waals surface area contributed by atoms with Crippen molar-refractivity contribution in [3.63, 3.8) is 0 Å². The van der Waals surface area contributed by atoms with Crippen LogP contribution in [0, 0.1) is 12.8 Å². The summed E-state index contributed by atoms with van der Waals surface area (Å²) in [5, 5.41) is 0. The van der Waals surface area contributed by atoms with Gasteiger partial charge in [0.25, 0.3) is 0 Å². The zero-order valence-corrected chi connectivity index (χ0v) is 11.2. The maximum absolute atomic E-state index is 10.8. The lowest BCUT2D eigenvalue weighted by molar-refractivity contribution is 0.0685. The highest BCUT2D eigenvalue weighted by Crippen LogP contribution is 2.21. The zero-order chi connectivity index (χ0) is 13.0. The van der Waals surface area contributed by atoms with Crippen LogP contribution >= 0.6 is 0 Å². The molecule has 0 N–H and O–H groups in total. The number of carbonyl (C=O) groups is 1. The van der Waals surface area contributed by atoms with Gasteiger partial charge in [0.15, 0.2) is 0 Å². The summed E-state index contributed by atoms with van der Waals surface area (Å²) in [6.45, 7) is 4.82. The molecule has 2 rings (SSSR count). The number of hydrogen-bond donors (Lipinski definition) is 0. The van der Waals surface area contributed by atoms with Gasteiger partial charge in [-0.3, -0.25) is 4.79 Å². The van der Waals surface area contributed by atoms with Crippen LogP contribution in [0.15, 0.2) is 18.2 Å². The third-order valence-corrected chi connectivity index (χ3v) is 3.69. The van der Waals surface area contributed by atoms with Crippen molar-refractivity contribution in [3.8, 4) is 0 Å². The van der Waals surface area contributed by atoms with Crippen molar-refractivity contribution >= 4 is 12.0 Å². The Bertz CT molecular complexity index is 411. The van der Waals surface area contributed by atoms with E-state index in [1.165, 1.54) is 5.69 Å². The molecule has 0 aliphatic carbocycles. The van der Waals surface area contributed by atoms with E-state index in [2.05, 4.69) is 18.0 Å². The molecule has 0 bridgehead atoms. The van der Waals surface area contributed by atoms with E-state index >= 15 is 0 Å². The molecule has 3 nitrogen and oxygen atoms in total. The lowest BCUT2D eigenvalue weighted by Gasteiger charge is -2.28. The molecule has 1 aliphatic heterocycles. The average Bonchev–Trinajstić information content (AvgIpc) is 2.39. The highest BCUT2D eigenvalue weighted by atomic mass is 16.5. The maximum Gasteiger partial charge on any atom is 0.150 e. The Morgan fingerprint density at radius 3 is 2.72 bits per heavy atom. The Balaban J connectivity index is 2.01. The summed E-state index contributed by atoms with van der Waals surface area (Å²) < 4.78 is 5.38. The van der Waals surface area contributed by atoms with E-state index in [9.17, 15) is 4.79 Å². The Labute approximate surface area is 109 Å². The molecule has 1 saturated heterocycles. The number of anilines is 1. The van der Waals surface area contributed by atoms with Crippen LogP contribution in [-0.4, -0.2) is 33.1 Å². The minimum atomic E-state index is 0.717. The number of benzene rings is 1. The zero-order valence-electron chi connectivity index (χ0n) is 11.2. The number of hydrogen-bond acceptors (Lipinski definition) is 3. The van der Waals surface area contributed by atoms with Crippen LogP contribution < -0.4 is 4.90 Å². The number of rotatable bonds is 4. The summed E-state index contributed by atoms with van der Waals surface area (Å²) in [7, 11) is 2.12. The summed E-state index contributed by atoms with van der Waals surface area (Å²) in [6.07, 6.45) is 3.21. The highest BCUT2D eigenvalue weighted by molar-refractivity contribution is 5.78. The number of aryl methyl sites for hydroxylation is 1. The number of carbonyl (C=O) groups excluding carboxylic acids is 1.